The van der Waals surface area contributed by atoms with Crippen molar-refractivity contribution in [3.05, 3.63) is 0 Å². The zero-order valence-corrected chi connectivity index (χ0v) is 41.4. The lowest BCUT2D eigenvalue weighted by Crippen LogP contribution is -2.65. The van der Waals surface area contributed by atoms with Crippen LogP contribution in [0.5, 0.6) is 0 Å². The molecule has 1 spiro atoms. The van der Waals surface area contributed by atoms with Crippen molar-refractivity contribution in [2.75, 3.05) is 35.5 Å². The number of ether oxygens (including phenoxy) is 13. The summed E-state index contributed by atoms with van der Waals surface area (Å²) in [7, 11) is 8.11. The van der Waals surface area contributed by atoms with E-state index in [9.17, 15) is 20.1 Å². The van der Waals surface area contributed by atoms with Gasteiger partial charge in [-0.3, -0.25) is 4.79 Å². The molecule has 0 saturated carbocycles. The summed E-state index contributed by atoms with van der Waals surface area (Å²) in [6.07, 6.45) is -2.46. The number of methoxy groups -OCH3 is 5. The molecule has 17 nitrogen and oxygen atoms in total. The second kappa shape index (κ2) is 19.6. The predicted molar refractivity (Wildman–Crippen MR) is 233 cm³/mol. The van der Waals surface area contributed by atoms with E-state index in [1.807, 2.05) is 27.7 Å². The Morgan fingerprint density at radius 2 is 1.46 bits per heavy atom. The third-order valence-corrected chi connectivity index (χ3v) is 17.2. The van der Waals surface area contributed by atoms with E-state index in [1.165, 1.54) is 7.11 Å². The molecule has 0 amide bonds. The largest absolute Gasteiger partial charge is 0.481 e. The van der Waals surface area contributed by atoms with Gasteiger partial charge in [-0.25, -0.2) is 0 Å². The molecular weight excluding hydrogens is 849 g/mol. The molecule has 65 heavy (non-hydrogen) atoms. The molecule has 7 fully saturated rings. The van der Waals surface area contributed by atoms with Gasteiger partial charge in [-0.15, -0.1) is 0 Å². The number of hydrogen-bond donors (Lipinski definition) is 3. The normalized spacial score (nSPS) is 53.4. The molecule has 7 rings (SSSR count). The molecule has 0 bridgehead atoms. The monoisotopic (exact) mass is 931 g/mol. The maximum absolute atomic E-state index is 11.9. The van der Waals surface area contributed by atoms with E-state index < -0.39 is 102 Å². The van der Waals surface area contributed by atoms with Crippen molar-refractivity contribution in [3.63, 3.8) is 0 Å². The molecule has 7 heterocycles. The molecular formula is C48H82O17. The highest BCUT2D eigenvalue weighted by Gasteiger charge is 2.64. The lowest BCUT2D eigenvalue weighted by Gasteiger charge is -2.53. The minimum absolute atomic E-state index is 0.196. The van der Waals surface area contributed by atoms with Gasteiger partial charge in [0.05, 0.1) is 78.7 Å². The highest BCUT2D eigenvalue weighted by molar-refractivity contribution is 5.68. The first-order chi connectivity index (χ1) is 30.5. The summed E-state index contributed by atoms with van der Waals surface area (Å²) in [6, 6.07) is 0. The number of aliphatic carboxylic acids is 1. The van der Waals surface area contributed by atoms with Crippen LogP contribution in [0.15, 0.2) is 0 Å². The van der Waals surface area contributed by atoms with Gasteiger partial charge < -0.3 is 76.9 Å². The number of rotatable bonds is 14. The highest BCUT2D eigenvalue weighted by Crippen LogP contribution is 2.55. The van der Waals surface area contributed by atoms with E-state index in [0.29, 0.717) is 38.5 Å². The van der Waals surface area contributed by atoms with Crippen LogP contribution in [0, 0.1) is 29.6 Å². The maximum Gasteiger partial charge on any atom is 0.308 e. The Balaban J connectivity index is 1.10. The van der Waals surface area contributed by atoms with Gasteiger partial charge in [0.1, 0.15) is 18.3 Å². The molecule has 7 aliphatic rings. The summed E-state index contributed by atoms with van der Waals surface area (Å²) < 4.78 is 84.3. The smallest absolute Gasteiger partial charge is 0.308 e. The molecule has 24 atom stereocenters. The van der Waals surface area contributed by atoms with Crippen LogP contribution in [0.1, 0.15) is 120 Å². The fourth-order valence-electron chi connectivity index (χ4n) is 12.9. The second-order valence-corrected chi connectivity index (χ2v) is 21.4. The van der Waals surface area contributed by atoms with Gasteiger partial charge in [0.15, 0.2) is 23.7 Å². The number of carboxylic acid groups (broad SMARTS) is 1. The van der Waals surface area contributed by atoms with Crippen LogP contribution in [-0.4, -0.2) is 171 Å². The molecule has 0 radical (unpaired) electrons. The number of carboxylic acids is 1. The summed E-state index contributed by atoms with van der Waals surface area (Å²) in [5.41, 5.74) is -1.55. The first-order valence-corrected chi connectivity index (χ1v) is 24.2. The second-order valence-electron chi connectivity index (χ2n) is 21.4. The molecule has 7 aliphatic heterocycles. The molecule has 7 saturated heterocycles. The number of aliphatic hydroxyl groups is 2. The summed E-state index contributed by atoms with van der Waals surface area (Å²) >= 11 is 0. The molecule has 376 valence electrons. The van der Waals surface area contributed by atoms with Gasteiger partial charge in [-0.05, 0) is 59.3 Å². The average molecular weight is 931 g/mol. The van der Waals surface area contributed by atoms with Gasteiger partial charge in [-0.1, -0.05) is 34.6 Å². The third kappa shape index (κ3) is 9.71. The molecule has 0 unspecified atom stereocenters. The van der Waals surface area contributed by atoms with E-state index in [0.717, 1.165) is 6.42 Å². The minimum Gasteiger partial charge on any atom is -0.481 e. The summed E-state index contributed by atoms with van der Waals surface area (Å²) in [6.45, 7) is 18.1. The Labute approximate surface area is 386 Å². The predicted octanol–water partition coefficient (Wildman–Crippen LogP) is 4.97. The fourth-order valence-corrected chi connectivity index (χ4v) is 12.9. The Morgan fingerprint density at radius 3 is 2.09 bits per heavy atom. The molecule has 0 aromatic carbocycles. The maximum atomic E-state index is 11.9. The van der Waals surface area contributed by atoms with Crippen LogP contribution >= 0.6 is 0 Å². The Kier molecular flexibility index (Phi) is 15.6. The van der Waals surface area contributed by atoms with Crippen molar-refractivity contribution in [2.45, 2.75) is 234 Å². The topological polar surface area (TPSA) is 198 Å². The Morgan fingerprint density at radius 1 is 0.769 bits per heavy atom. The first kappa shape index (κ1) is 51.7. The summed E-state index contributed by atoms with van der Waals surface area (Å²) in [4.78, 5) is 11.9. The summed E-state index contributed by atoms with van der Waals surface area (Å²) in [5.74, 6) is -6.28. The molecule has 17 heteroatoms. The number of carbonyl (C=O) groups is 1. The van der Waals surface area contributed by atoms with E-state index in [-0.39, 0.29) is 60.8 Å². The molecule has 3 N–H and O–H groups in total. The van der Waals surface area contributed by atoms with Gasteiger partial charge in [0, 0.05) is 84.9 Å². The molecule has 0 aliphatic carbocycles. The number of hydrogen-bond acceptors (Lipinski definition) is 16. The van der Waals surface area contributed by atoms with E-state index in [4.69, 9.17) is 61.6 Å². The van der Waals surface area contributed by atoms with Crippen molar-refractivity contribution in [1.29, 1.82) is 0 Å². The van der Waals surface area contributed by atoms with Crippen molar-refractivity contribution in [1.82, 2.24) is 0 Å². The van der Waals surface area contributed by atoms with Crippen molar-refractivity contribution >= 4 is 5.97 Å². The SMILES string of the molecule is CO[C@@H]1[C@@H](OC)[C@H](C)[C@@](O)(CC(=O)O)O[C@H]1[C@H](C)[C@H]1O[C@@]2(CC[C@@](C)([C@H]3CC[C@@](C)([C@@H]4O[C@@H]([C@H]5O[C@](C)(OC)[C@H](C)C[C@@H]5C)C[C@@H]4O[C@@H]4C[C@H](OC)[C@@H](OC)[C@H](C)O4)O3)O2)C[C@H](O)[C@H]1C. The zero-order chi connectivity index (χ0) is 47.6. The van der Waals surface area contributed by atoms with Crippen LogP contribution in [0.4, 0.5) is 0 Å². The molecule has 0 aromatic heterocycles. The molecule has 0 aromatic rings. The summed E-state index contributed by atoms with van der Waals surface area (Å²) in [5, 5.41) is 33.1. The average Bonchev–Trinajstić information content (AvgIpc) is 3.96. The van der Waals surface area contributed by atoms with Gasteiger partial charge in [0.25, 0.3) is 0 Å². The zero-order valence-electron chi connectivity index (χ0n) is 41.4. The fraction of sp³-hybridized carbons (Fsp3) is 0.979. The Bertz CT molecular complexity index is 1620. The van der Waals surface area contributed by atoms with Crippen LogP contribution in [0.25, 0.3) is 0 Å². The van der Waals surface area contributed by atoms with Crippen LogP contribution in [-0.2, 0) is 66.4 Å². The lowest BCUT2D eigenvalue weighted by atomic mass is 9.75. The van der Waals surface area contributed by atoms with E-state index in [1.54, 1.807) is 35.4 Å². The van der Waals surface area contributed by atoms with Gasteiger partial charge in [0.2, 0.25) is 0 Å². The quantitative estimate of drug-likeness (QED) is 0.211. The van der Waals surface area contributed by atoms with Crippen LogP contribution in [0.3, 0.4) is 0 Å². The van der Waals surface area contributed by atoms with Crippen LogP contribution < -0.4 is 0 Å². The lowest BCUT2D eigenvalue weighted by molar-refractivity contribution is -0.365. The first-order valence-electron chi connectivity index (χ1n) is 24.2. The van der Waals surface area contributed by atoms with Crippen molar-refractivity contribution in [3.8, 4) is 0 Å². The van der Waals surface area contributed by atoms with Crippen LogP contribution in [0.2, 0.25) is 0 Å². The standard InChI is InChI=1S/C48H82O17/c1-24-19-25(2)46(9,57-14)62-37(24)32-20-33(59-36-21-31(53-10)41(55-12)29(6)58-36)43(60-32)45(8)16-15-34(61-45)44(7)17-18-47(65-44)22-30(49)26(3)38(63-47)27(4)39-42(56-13)40(54-11)28(5)48(52,64-39)23-35(50)51/h24-34,36-43,49,52H,15-23H2,1-14H3,(H,50,51)/t24-,25+,26+,27+,28-,29-,30-,31-,32+,33-,34+,36+,37-,38-,39-,40-,41-,42-,43+,44-,45-,46-,47+,48+/m0/s1. The van der Waals surface area contributed by atoms with Gasteiger partial charge >= 0.3 is 5.97 Å². The van der Waals surface area contributed by atoms with Crippen molar-refractivity contribution in [2.24, 2.45) is 29.6 Å². The van der Waals surface area contributed by atoms with E-state index in [2.05, 4.69) is 27.7 Å². The number of aliphatic hydroxyl groups excluding tert-OH is 1. The Hall–Kier alpha value is -1.13. The minimum atomic E-state index is -2.03. The van der Waals surface area contributed by atoms with E-state index >= 15 is 0 Å². The third-order valence-electron chi connectivity index (χ3n) is 17.2. The van der Waals surface area contributed by atoms with Gasteiger partial charge in [-0.2, -0.15) is 0 Å². The van der Waals surface area contributed by atoms with Crippen molar-refractivity contribution < 1.29 is 81.7 Å². The highest BCUT2D eigenvalue weighted by atomic mass is 16.7.